The molecule has 0 amide bonds. The Hall–Kier alpha value is -0.670. The van der Waals surface area contributed by atoms with Gasteiger partial charge in [0.25, 0.3) is 0 Å². The van der Waals surface area contributed by atoms with Crippen molar-refractivity contribution in [3.05, 3.63) is 29.8 Å². The highest BCUT2D eigenvalue weighted by molar-refractivity contribution is 14.0. The van der Waals surface area contributed by atoms with E-state index in [1.807, 2.05) is 30.9 Å². The number of halogens is 1. The lowest BCUT2D eigenvalue weighted by Crippen LogP contribution is -2.37. The van der Waals surface area contributed by atoms with Crippen LogP contribution in [-0.2, 0) is 6.54 Å². The molecule has 0 aliphatic carbocycles. The van der Waals surface area contributed by atoms with Crippen molar-refractivity contribution < 1.29 is 4.74 Å². The normalized spacial score (nSPS) is 11.2. The standard InChI is InChI=1S/C19H34N4OS.HI/c1-20-19(21-12-5-6-15-25-4)22-16-17-8-10-18(11-9-17)24-14-7-13-23(2)3;/h8-11H,5-7,12-16H2,1-4H3,(H2,20,21,22);1H. The Labute approximate surface area is 180 Å². The number of benzene rings is 1. The molecular formula is C19H35IN4OS. The summed E-state index contributed by atoms with van der Waals surface area (Å²) in [5.74, 6) is 3.00. The van der Waals surface area contributed by atoms with Gasteiger partial charge >= 0.3 is 0 Å². The minimum absolute atomic E-state index is 0. The number of hydrogen-bond donors (Lipinski definition) is 2. The van der Waals surface area contributed by atoms with Crippen LogP contribution in [0.15, 0.2) is 29.3 Å². The summed E-state index contributed by atoms with van der Waals surface area (Å²) < 4.78 is 5.76. The zero-order valence-corrected chi connectivity index (χ0v) is 19.7. The third kappa shape index (κ3) is 12.6. The minimum Gasteiger partial charge on any atom is -0.494 e. The van der Waals surface area contributed by atoms with Crippen LogP contribution in [0.3, 0.4) is 0 Å². The summed E-state index contributed by atoms with van der Waals surface area (Å²) >= 11 is 1.90. The van der Waals surface area contributed by atoms with Crippen LogP contribution in [0.25, 0.3) is 0 Å². The quantitative estimate of drug-likeness (QED) is 0.202. The van der Waals surface area contributed by atoms with Crippen LogP contribution in [0, 0.1) is 0 Å². The van der Waals surface area contributed by atoms with Gasteiger partial charge in [-0.3, -0.25) is 4.99 Å². The SMILES string of the molecule is CN=C(NCCCCSC)NCc1ccc(OCCCN(C)C)cc1.I. The third-order valence-electron chi connectivity index (χ3n) is 3.69. The van der Waals surface area contributed by atoms with E-state index in [1.165, 1.54) is 24.2 Å². The van der Waals surface area contributed by atoms with Gasteiger partial charge < -0.3 is 20.3 Å². The summed E-state index contributed by atoms with van der Waals surface area (Å²) in [4.78, 5) is 6.43. The monoisotopic (exact) mass is 494 g/mol. The van der Waals surface area contributed by atoms with Crippen LogP contribution >= 0.6 is 35.7 Å². The first-order valence-electron chi connectivity index (χ1n) is 8.95. The topological polar surface area (TPSA) is 48.9 Å². The number of aliphatic imine (C=N–C) groups is 1. The third-order valence-corrected chi connectivity index (χ3v) is 4.39. The second-order valence-electron chi connectivity index (χ2n) is 6.20. The van der Waals surface area contributed by atoms with E-state index in [-0.39, 0.29) is 24.0 Å². The maximum absolute atomic E-state index is 5.76. The van der Waals surface area contributed by atoms with E-state index in [2.05, 4.69) is 53.0 Å². The summed E-state index contributed by atoms with van der Waals surface area (Å²) in [6.07, 6.45) is 5.59. The van der Waals surface area contributed by atoms with Crippen molar-refractivity contribution in [2.24, 2.45) is 4.99 Å². The van der Waals surface area contributed by atoms with Crippen molar-refractivity contribution in [1.29, 1.82) is 0 Å². The van der Waals surface area contributed by atoms with Crippen LogP contribution in [0.4, 0.5) is 0 Å². The number of hydrogen-bond acceptors (Lipinski definition) is 4. The lowest BCUT2D eigenvalue weighted by Gasteiger charge is -2.13. The molecule has 1 rings (SSSR count). The molecule has 26 heavy (non-hydrogen) atoms. The molecular weight excluding hydrogens is 459 g/mol. The second-order valence-corrected chi connectivity index (χ2v) is 7.19. The van der Waals surface area contributed by atoms with Crippen LogP contribution < -0.4 is 15.4 Å². The second kappa shape index (κ2) is 16.5. The van der Waals surface area contributed by atoms with Crippen LogP contribution in [0.1, 0.15) is 24.8 Å². The first-order valence-corrected chi connectivity index (χ1v) is 10.3. The van der Waals surface area contributed by atoms with E-state index in [9.17, 15) is 0 Å². The Bertz CT molecular complexity index is 483. The van der Waals surface area contributed by atoms with Gasteiger partial charge in [-0.1, -0.05) is 12.1 Å². The van der Waals surface area contributed by atoms with E-state index < -0.39 is 0 Å². The Balaban J connectivity index is 0.00000625. The first-order chi connectivity index (χ1) is 12.2. The number of guanidine groups is 1. The maximum atomic E-state index is 5.76. The van der Waals surface area contributed by atoms with Crippen molar-refractivity contribution in [3.8, 4) is 5.75 Å². The minimum atomic E-state index is 0. The fraction of sp³-hybridized carbons (Fsp3) is 0.632. The summed E-state index contributed by atoms with van der Waals surface area (Å²) in [7, 11) is 5.96. The molecule has 1 aromatic carbocycles. The summed E-state index contributed by atoms with van der Waals surface area (Å²) in [5.41, 5.74) is 1.21. The molecule has 0 saturated heterocycles. The molecule has 0 fully saturated rings. The molecule has 0 atom stereocenters. The van der Waals surface area contributed by atoms with Gasteiger partial charge in [0.1, 0.15) is 5.75 Å². The van der Waals surface area contributed by atoms with Gasteiger partial charge in [-0.05, 0) is 63.1 Å². The summed E-state index contributed by atoms with van der Waals surface area (Å²) in [6, 6.07) is 8.26. The molecule has 2 N–H and O–H groups in total. The molecule has 7 heteroatoms. The highest BCUT2D eigenvalue weighted by Crippen LogP contribution is 2.12. The van der Waals surface area contributed by atoms with E-state index in [0.29, 0.717) is 0 Å². The molecule has 0 saturated carbocycles. The Morgan fingerprint density at radius 2 is 1.85 bits per heavy atom. The van der Waals surface area contributed by atoms with Crippen LogP contribution in [0.2, 0.25) is 0 Å². The molecule has 0 aliphatic rings. The van der Waals surface area contributed by atoms with E-state index in [0.717, 1.165) is 44.4 Å². The van der Waals surface area contributed by atoms with Crippen molar-refractivity contribution >= 4 is 41.7 Å². The molecule has 0 aliphatic heterocycles. The molecule has 0 spiro atoms. The number of ether oxygens (including phenoxy) is 1. The number of nitrogens with zero attached hydrogens (tertiary/aromatic N) is 2. The van der Waals surface area contributed by atoms with Crippen molar-refractivity contribution in [3.63, 3.8) is 0 Å². The summed E-state index contributed by atoms with van der Waals surface area (Å²) in [5, 5.41) is 6.70. The Morgan fingerprint density at radius 3 is 2.46 bits per heavy atom. The number of rotatable bonds is 12. The van der Waals surface area contributed by atoms with Crippen LogP contribution in [-0.4, -0.2) is 63.7 Å². The fourth-order valence-electron chi connectivity index (χ4n) is 2.26. The van der Waals surface area contributed by atoms with E-state index >= 15 is 0 Å². The smallest absolute Gasteiger partial charge is 0.191 e. The van der Waals surface area contributed by atoms with Crippen molar-refractivity contribution in [2.45, 2.75) is 25.8 Å². The van der Waals surface area contributed by atoms with Crippen molar-refractivity contribution in [2.75, 3.05) is 52.8 Å². The lowest BCUT2D eigenvalue weighted by atomic mass is 10.2. The highest BCUT2D eigenvalue weighted by Gasteiger charge is 2.00. The average molecular weight is 494 g/mol. The van der Waals surface area contributed by atoms with Gasteiger partial charge in [0.2, 0.25) is 0 Å². The van der Waals surface area contributed by atoms with Gasteiger partial charge in [0.15, 0.2) is 5.96 Å². The van der Waals surface area contributed by atoms with Gasteiger partial charge in [-0.25, -0.2) is 0 Å². The Morgan fingerprint density at radius 1 is 1.12 bits per heavy atom. The predicted octanol–water partition coefficient (Wildman–Crippen LogP) is 3.44. The number of nitrogens with one attached hydrogen (secondary N) is 2. The molecule has 0 unspecified atom stereocenters. The van der Waals surface area contributed by atoms with E-state index in [4.69, 9.17) is 4.74 Å². The molecule has 1 aromatic rings. The molecule has 150 valence electrons. The zero-order valence-electron chi connectivity index (χ0n) is 16.6. The molecule has 0 radical (unpaired) electrons. The zero-order chi connectivity index (χ0) is 18.3. The van der Waals surface area contributed by atoms with Gasteiger partial charge in [-0.2, -0.15) is 11.8 Å². The number of thioether (sulfide) groups is 1. The Kier molecular flexibility index (Phi) is 16.1. The fourth-order valence-corrected chi connectivity index (χ4v) is 2.75. The summed E-state index contributed by atoms with van der Waals surface area (Å²) in [6.45, 7) is 3.51. The van der Waals surface area contributed by atoms with Crippen LogP contribution in [0.5, 0.6) is 5.75 Å². The molecule has 0 bridgehead atoms. The largest absolute Gasteiger partial charge is 0.494 e. The molecule has 0 heterocycles. The molecule has 0 aromatic heterocycles. The predicted molar refractivity (Wildman–Crippen MR) is 126 cm³/mol. The number of unbranched alkanes of at least 4 members (excludes halogenated alkanes) is 1. The molecule has 5 nitrogen and oxygen atoms in total. The first kappa shape index (κ1) is 25.3. The van der Waals surface area contributed by atoms with Gasteiger partial charge in [0, 0.05) is 26.7 Å². The average Bonchev–Trinajstić information content (AvgIpc) is 2.62. The highest BCUT2D eigenvalue weighted by atomic mass is 127. The lowest BCUT2D eigenvalue weighted by molar-refractivity contribution is 0.281. The van der Waals surface area contributed by atoms with Gasteiger partial charge in [-0.15, -0.1) is 24.0 Å². The van der Waals surface area contributed by atoms with E-state index in [1.54, 1.807) is 0 Å². The van der Waals surface area contributed by atoms with Crippen molar-refractivity contribution in [1.82, 2.24) is 15.5 Å². The van der Waals surface area contributed by atoms with Gasteiger partial charge in [0.05, 0.1) is 6.61 Å². The maximum Gasteiger partial charge on any atom is 0.191 e.